The van der Waals surface area contributed by atoms with Gasteiger partial charge in [0.05, 0.1) is 9.92 Å². The van der Waals surface area contributed by atoms with Crippen LogP contribution in [-0.4, -0.2) is 44.3 Å². The third kappa shape index (κ3) is 5.26. The van der Waals surface area contributed by atoms with Crippen molar-refractivity contribution < 1.29 is 17.9 Å². The van der Waals surface area contributed by atoms with Crippen LogP contribution in [0.1, 0.15) is 39.5 Å². The molecule has 33 heavy (non-hydrogen) atoms. The van der Waals surface area contributed by atoms with Crippen molar-refractivity contribution in [3.8, 4) is 5.75 Å². The van der Waals surface area contributed by atoms with Crippen LogP contribution in [0.4, 0.5) is 5.69 Å². The first-order chi connectivity index (χ1) is 15.4. The minimum atomic E-state index is -3.27. The molecule has 9 heteroatoms. The van der Waals surface area contributed by atoms with Crippen molar-refractivity contribution in [3.05, 3.63) is 52.5 Å². The van der Waals surface area contributed by atoms with Crippen LogP contribution in [-0.2, 0) is 14.6 Å². The van der Waals surface area contributed by atoms with Crippen molar-refractivity contribution in [1.82, 2.24) is 5.32 Å². The van der Waals surface area contributed by atoms with E-state index >= 15 is 0 Å². The predicted molar refractivity (Wildman–Crippen MR) is 131 cm³/mol. The Kier molecular flexibility index (Phi) is 6.60. The summed E-state index contributed by atoms with van der Waals surface area (Å²) >= 11 is 12.2. The normalized spacial score (nSPS) is 22.8. The average molecular weight is 511 g/mol. The van der Waals surface area contributed by atoms with E-state index in [1.165, 1.54) is 6.26 Å². The fraction of sp³-hybridized carbons (Fsp3) is 0.458. The lowest BCUT2D eigenvalue weighted by molar-refractivity contribution is -0.135. The van der Waals surface area contributed by atoms with Crippen molar-refractivity contribution in [2.45, 2.75) is 68.2 Å². The molecule has 6 nitrogen and oxygen atoms in total. The zero-order valence-corrected chi connectivity index (χ0v) is 21.2. The van der Waals surface area contributed by atoms with Crippen LogP contribution in [0.3, 0.4) is 0 Å². The number of nitrogens with zero attached hydrogens (tertiary/aromatic N) is 1. The van der Waals surface area contributed by atoms with Gasteiger partial charge in [-0.1, -0.05) is 29.3 Å². The summed E-state index contributed by atoms with van der Waals surface area (Å²) in [6.07, 6.45) is 4.84. The Balaban J connectivity index is 1.43. The number of halogens is 2. The largest absolute Gasteiger partial charge is 0.476 e. The van der Waals surface area contributed by atoms with E-state index in [1.807, 2.05) is 6.07 Å². The number of carbonyl (C=O) groups excluding carboxylic acids is 1. The fourth-order valence-corrected chi connectivity index (χ4v) is 5.94. The second-order valence-corrected chi connectivity index (χ2v) is 12.3. The quantitative estimate of drug-likeness (QED) is 0.599. The number of rotatable bonds is 6. The maximum Gasteiger partial charge on any atom is 0.263 e. The zero-order valence-electron chi connectivity index (χ0n) is 18.8. The fourth-order valence-electron chi connectivity index (χ4n) is 4.83. The number of piperidine rings is 1. The first kappa shape index (κ1) is 24.2. The number of anilines is 1. The third-order valence-electron chi connectivity index (χ3n) is 6.42. The summed E-state index contributed by atoms with van der Waals surface area (Å²) in [5.41, 5.74) is -0.187. The number of ether oxygens (including phenoxy) is 1. The van der Waals surface area contributed by atoms with Gasteiger partial charge in [0, 0.05) is 35.1 Å². The first-order valence-corrected chi connectivity index (χ1v) is 13.6. The average Bonchev–Trinajstić information content (AvgIpc) is 3.00. The van der Waals surface area contributed by atoms with Crippen molar-refractivity contribution >= 4 is 44.6 Å². The van der Waals surface area contributed by atoms with E-state index in [4.69, 9.17) is 27.9 Å². The third-order valence-corrected chi connectivity index (χ3v) is 8.06. The Morgan fingerprint density at radius 3 is 2.36 bits per heavy atom. The molecule has 0 spiro atoms. The molecule has 2 bridgehead atoms. The lowest BCUT2D eigenvalue weighted by Gasteiger charge is -2.41. The number of fused-ring (bicyclic) bond motifs is 2. The topological polar surface area (TPSA) is 75.7 Å². The number of amides is 1. The van der Waals surface area contributed by atoms with Crippen molar-refractivity contribution in [1.29, 1.82) is 0 Å². The highest BCUT2D eigenvalue weighted by Crippen LogP contribution is 2.40. The number of hydrogen-bond acceptors (Lipinski definition) is 5. The van der Waals surface area contributed by atoms with Gasteiger partial charge in [0.25, 0.3) is 5.91 Å². The molecule has 2 aromatic rings. The Morgan fingerprint density at radius 2 is 1.76 bits per heavy atom. The minimum Gasteiger partial charge on any atom is -0.476 e. The minimum absolute atomic E-state index is 0.0212. The number of nitrogens with one attached hydrogen (secondary N) is 1. The van der Waals surface area contributed by atoms with Gasteiger partial charge in [0.15, 0.2) is 15.4 Å². The monoisotopic (exact) mass is 510 g/mol. The van der Waals surface area contributed by atoms with Crippen molar-refractivity contribution in [3.63, 3.8) is 0 Å². The van der Waals surface area contributed by atoms with Crippen LogP contribution in [0, 0.1) is 0 Å². The smallest absolute Gasteiger partial charge is 0.263 e. The van der Waals surface area contributed by atoms with Gasteiger partial charge in [-0.05, 0) is 75.9 Å². The van der Waals surface area contributed by atoms with Crippen LogP contribution in [0.2, 0.25) is 10.0 Å². The van der Waals surface area contributed by atoms with Gasteiger partial charge in [-0.3, -0.25) is 4.79 Å². The lowest BCUT2D eigenvalue weighted by atomic mass is 9.95. The Labute approximate surface area is 205 Å². The molecule has 0 radical (unpaired) electrons. The van der Waals surface area contributed by atoms with E-state index in [-0.39, 0.29) is 24.0 Å². The first-order valence-electron chi connectivity index (χ1n) is 11.0. The van der Waals surface area contributed by atoms with Gasteiger partial charge in [-0.2, -0.15) is 0 Å². The van der Waals surface area contributed by atoms with Gasteiger partial charge >= 0.3 is 0 Å². The Bertz CT molecular complexity index is 1150. The molecule has 3 atom stereocenters. The molecule has 1 N–H and O–H groups in total. The molecule has 2 aliphatic rings. The van der Waals surface area contributed by atoms with Crippen LogP contribution in [0.15, 0.2) is 47.4 Å². The van der Waals surface area contributed by atoms with E-state index in [2.05, 4.69) is 10.2 Å². The van der Waals surface area contributed by atoms with E-state index in [9.17, 15) is 13.2 Å². The number of hydrogen-bond donors (Lipinski definition) is 1. The van der Waals surface area contributed by atoms with E-state index in [1.54, 1.807) is 50.2 Å². The van der Waals surface area contributed by atoms with Gasteiger partial charge in [-0.25, -0.2) is 8.42 Å². The molecule has 2 heterocycles. The van der Waals surface area contributed by atoms with Crippen LogP contribution in [0.25, 0.3) is 0 Å². The van der Waals surface area contributed by atoms with Gasteiger partial charge in [0.1, 0.15) is 5.75 Å². The summed E-state index contributed by atoms with van der Waals surface area (Å²) in [6, 6.07) is 12.6. The summed E-state index contributed by atoms with van der Waals surface area (Å²) in [6.45, 7) is 3.43. The molecule has 0 saturated carbocycles. The van der Waals surface area contributed by atoms with Gasteiger partial charge < -0.3 is 15.0 Å². The SMILES string of the molecule is CC(C)(Oc1ccc(Cl)cc1Cl)C(=O)N[C@H]1C[C@H]2CC[C@@H](C1)N2c1cccc(S(C)(=O)=O)c1. The van der Waals surface area contributed by atoms with Crippen LogP contribution in [0.5, 0.6) is 5.75 Å². The lowest BCUT2D eigenvalue weighted by Crippen LogP contribution is -2.55. The molecule has 1 amide bonds. The maximum absolute atomic E-state index is 13.1. The molecule has 0 unspecified atom stereocenters. The van der Waals surface area contributed by atoms with Crippen molar-refractivity contribution in [2.75, 3.05) is 11.2 Å². The summed E-state index contributed by atoms with van der Waals surface area (Å²) in [5, 5.41) is 4.01. The summed E-state index contributed by atoms with van der Waals surface area (Å²) in [5.74, 6) is 0.201. The highest BCUT2D eigenvalue weighted by Gasteiger charge is 2.43. The van der Waals surface area contributed by atoms with Crippen molar-refractivity contribution in [2.24, 2.45) is 0 Å². The number of benzene rings is 2. The van der Waals surface area contributed by atoms with E-state index < -0.39 is 15.4 Å². The Hall–Kier alpha value is -1.96. The molecular formula is C24H28Cl2N2O4S. The molecule has 2 aliphatic heterocycles. The van der Waals surface area contributed by atoms with E-state index in [0.717, 1.165) is 31.4 Å². The maximum atomic E-state index is 13.1. The molecular weight excluding hydrogens is 483 g/mol. The highest BCUT2D eigenvalue weighted by molar-refractivity contribution is 7.90. The van der Waals surface area contributed by atoms with Crippen LogP contribution >= 0.6 is 23.2 Å². The van der Waals surface area contributed by atoms with E-state index in [0.29, 0.717) is 20.7 Å². The zero-order chi connectivity index (χ0) is 24.0. The molecule has 178 valence electrons. The molecule has 2 aromatic carbocycles. The molecule has 4 rings (SSSR count). The van der Waals surface area contributed by atoms with Gasteiger partial charge in [-0.15, -0.1) is 0 Å². The predicted octanol–water partition coefficient (Wildman–Crippen LogP) is 4.87. The number of sulfone groups is 1. The molecule has 2 saturated heterocycles. The molecule has 2 fully saturated rings. The summed E-state index contributed by atoms with van der Waals surface area (Å²) in [4.78, 5) is 15.7. The van der Waals surface area contributed by atoms with Gasteiger partial charge in [0.2, 0.25) is 0 Å². The Morgan fingerprint density at radius 1 is 1.09 bits per heavy atom. The molecule has 0 aliphatic carbocycles. The second kappa shape index (κ2) is 9.01. The standard InChI is InChI=1S/C24H28Cl2N2O4S/c1-24(2,32-22-10-7-15(25)11-21(22)26)23(29)27-16-12-18-8-9-19(13-16)28(18)17-5-4-6-20(14-17)33(3,30)31/h4-7,10-11,14,16,18-19H,8-9,12-13H2,1-3H3,(H,27,29)/t16-,18+,19-. The second-order valence-electron chi connectivity index (χ2n) is 9.39. The number of carbonyl (C=O) groups is 1. The molecule has 0 aromatic heterocycles. The summed E-state index contributed by atoms with van der Waals surface area (Å²) in [7, 11) is -3.27. The van der Waals surface area contributed by atoms with Crippen LogP contribution < -0.4 is 15.0 Å². The summed E-state index contributed by atoms with van der Waals surface area (Å²) < 4.78 is 29.9. The highest BCUT2D eigenvalue weighted by atomic mass is 35.5.